The van der Waals surface area contributed by atoms with Crippen LogP contribution in [0.4, 0.5) is 4.39 Å². The molecular formula is C13H8ClFO. The van der Waals surface area contributed by atoms with Gasteiger partial charge in [0.25, 0.3) is 0 Å². The number of halogens is 2. The van der Waals surface area contributed by atoms with Gasteiger partial charge < -0.3 is 0 Å². The zero-order valence-electron chi connectivity index (χ0n) is 8.28. The van der Waals surface area contributed by atoms with Crippen LogP contribution in [0.15, 0.2) is 42.5 Å². The maximum atomic E-state index is 13.2. The van der Waals surface area contributed by atoms with Crippen molar-refractivity contribution in [3.63, 3.8) is 0 Å². The van der Waals surface area contributed by atoms with E-state index in [0.29, 0.717) is 5.56 Å². The Bertz CT molecular complexity index is 520. The van der Waals surface area contributed by atoms with Crippen molar-refractivity contribution in [1.82, 2.24) is 0 Å². The first-order chi connectivity index (χ1) is 7.70. The first-order valence-corrected chi connectivity index (χ1v) is 5.09. The topological polar surface area (TPSA) is 17.1 Å². The lowest BCUT2D eigenvalue weighted by Gasteiger charge is -2.02. The third kappa shape index (κ3) is 2.12. The molecule has 2 aromatic carbocycles. The molecule has 0 radical (unpaired) electrons. The van der Waals surface area contributed by atoms with Gasteiger partial charge in [-0.3, -0.25) is 4.79 Å². The van der Waals surface area contributed by atoms with Crippen LogP contribution in [0.5, 0.6) is 0 Å². The van der Waals surface area contributed by atoms with Crippen LogP contribution in [0.3, 0.4) is 0 Å². The summed E-state index contributed by atoms with van der Waals surface area (Å²) < 4.78 is 13.2. The molecule has 16 heavy (non-hydrogen) atoms. The molecule has 0 unspecified atom stereocenters. The summed E-state index contributed by atoms with van der Waals surface area (Å²) in [5, 5.41) is 0.105. The predicted octanol–water partition coefficient (Wildman–Crippen LogP) is 3.96. The van der Waals surface area contributed by atoms with Gasteiger partial charge in [-0.25, -0.2) is 4.39 Å². The number of rotatable bonds is 2. The second kappa shape index (κ2) is 4.45. The maximum absolute atomic E-state index is 13.2. The monoisotopic (exact) mass is 234 g/mol. The predicted molar refractivity (Wildman–Crippen MR) is 62.2 cm³/mol. The van der Waals surface area contributed by atoms with E-state index in [-0.39, 0.29) is 5.02 Å². The smallest absolute Gasteiger partial charge is 0.150 e. The summed E-state index contributed by atoms with van der Waals surface area (Å²) in [5.74, 6) is -0.446. The molecule has 0 saturated carbocycles. The minimum atomic E-state index is -0.446. The lowest BCUT2D eigenvalue weighted by Crippen LogP contribution is -1.83. The molecule has 0 fully saturated rings. The van der Waals surface area contributed by atoms with Gasteiger partial charge in [0.1, 0.15) is 12.1 Å². The standard InChI is InChI=1S/C13H8ClFO/c14-12-6-5-11(7-13(12)15)10-3-1-9(8-16)2-4-10/h1-8H. The van der Waals surface area contributed by atoms with E-state index in [9.17, 15) is 9.18 Å². The number of aldehydes is 1. The molecule has 0 amide bonds. The Kier molecular flexibility index (Phi) is 3.02. The van der Waals surface area contributed by atoms with Crippen molar-refractivity contribution in [1.29, 1.82) is 0 Å². The van der Waals surface area contributed by atoms with Gasteiger partial charge in [-0.2, -0.15) is 0 Å². The molecule has 0 aliphatic carbocycles. The van der Waals surface area contributed by atoms with Crippen molar-refractivity contribution in [2.45, 2.75) is 0 Å². The average Bonchev–Trinajstić information content (AvgIpc) is 2.33. The molecule has 0 aromatic heterocycles. The summed E-state index contributed by atoms with van der Waals surface area (Å²) in [5.41, 5.74) is 2.18. The molecule has 3 heteroatoms. The Labute approximate surface area is 97.5 Å². The van der Waals surface area contributed by atoms with Crippen LogP contribution in [-0.2, 0) is 0 Å². The highest BCUT2D eigenvalue weighted by atomic mass is 35.5. The fourth-order valence-electron chi connectivity index (χ4n) is 1.43. The van der Waals surface area contributed by atoms with Gasteiger partial charge in [-0.15, -0.1) is 0 Å². The SMILES string of the molecule is O=Cc1ccc(-c2ccc(Cl)c(F)c2)cc1. The fraction of sp³-hybridized carbons (Fsp3) is 0. The Balaban J connectivity index is 2.42. The number of hydrogen-bond acceptors (Lipinski definition) is 1. The van der Waals surface area contributed by atoms with E-state index in [2.05, 4.69) is 0 Å². The minimum absolute atomic E-state index is 0.105. The highest BCUT2D eigenvalue weighted by Gasteiger charge is 2.03. The average molecular weight is 235 g/mol. The largest absolute Gasteiger partial charge is 0.298 e. The third-order valence-electron chi connectivity index (χ3n) is 2.30. The fourth-order valence-corrected chi connectivity index (χ4v) is 1.55. The molecule has 0 N–H and O–H groups in total. The maximum Gasteiger partial charge on any atom is 0.150 e. The van der Waals surface area contributed by atoms with Gasteiger partial charge >= 0.3 is 0 Å². The summed E-state index contributed by atoms with van der Waals surface area (Å²) >= 11 is 5.59. The normalized spacial score (nSPS) is 10.1. The lowest BCUT2D eigenvalue weighted by atomic mass is 10.0. The Hall–Kier alpha value is -1.67. The van der Waals surface area contributed by atoms with Gasteiger partial charge in [0, 0.05) is 5.56 Å². The number of hydrogen-bond donors (Lipinski definition) is 0. The van der Waals surface area contributed by atoms with Crippen molar-refractivity contribution in [3.8, 4) is 11.1 Å². The van der Waals surface area contributed by atoms with E-state index in [1.165, 1.54) is 12.1 Å². The quantitative estimate of drug-likeness (QED) is 0.719. The van der Waals surface area contributed by atoms with Crippen LogP contribution in [0.25, 0.3) is 11.1 Å². The van der Waals surface area contributed by atoms with Crippen molar-refractivity contribution < 1.29 is 9.18 Å². The second-order valence-corrected chi connectivity index (χ2v) is 3.78. The first kappa shape index (κ1) is 10.8. The highest BCUT2D eigenvalue weighted by Crippen LogP contribution is 2.24. The molecule has 0 bridgehead atoms. The Morgan fingerprint density at radius 3 is 2.19 bits per heavy atom. The minimum Gasteiger partial charge on any atom is -0.298 e. The third-order valence-corrected chi connectivity index (χ3v) is 2.61. The van der Waals surface area contributed by atoms with Crippen LogP contribution in [-0.4, -0.2) is 6.29 Å². The van der Waals surface area contributed by atoms with E-state index < -0.39 is 5.82 Å². The molecule has 2 aromatic rings. The summed E-state index contributed by atoms with van der Waals surface area (Å²) in [4.78, 5) is 10.5. The zero-order valence-corrected chi connectivity index (χ0v) is 9.04. The number of carbonyl (C=O) groups is 1. The van der Waals surface area contributed by atoms with Crippen molar-refractivity contribution in [2.24, 2.45) is 0 Å². The number of carbonyl (C=O) groups excluding carboxylic acids is 1. The van der Waals surface area contributed by atoms with Gasteiger partial charge in [0.15, 0.2) is 0 Å². The van der Waals surface area contributed by atoms with Crippen molar-refractivity contribution in [2.75, 3.05) is 0 Å². The van der Waals surface area contributed by atoms with Crippen LogP contribution in [0.1, 0.15) is 10.4 Å². The van der Waals surface area contributed by atoms with Crippen LogP contribution >= 0.6 is 11.6 Å². The van der Waals surface area contributed by atoms with E-state index in [4.69, 9.17) is 11.6 Å². The molecule has 80 valence electrons. The van der Waals surface area contributed by atoms with E-state index in [1.54, 1.807) is 30.3 Å². The molecule has 0 saturated heterocycles. The molecule has 0 aliphatic heterocycles. The first-order valence-electron chi connectivity index (χ1n) is 4.71. The Morgan fingerprint density at radius 2 is 1.62 bits per heavy atom. The van der Waals surface area contributed by atoms with E-state index in [1.807, 2.05) is 0 Å². The second-order valence-electron chi connectivity index (χ2n) is 3.37. The van der Waals surface area contributed by atoms with Gasteiger partial charge in [0.05, 0.1) is 5.02 Å². The van der Waals surface area contributed by atoms with Gasteiger partial charge in [0.2, 0.25) is 0 Å². The van der Waals surface area contributed by atoms with Gasteiger partial charge in [-0.05, 0) is 23.3 Å². The molecule has 1 nitrogen and oxygen atoms in total. The molecular weight excluding hydrogens is 227 g/mol. The van der Waals surface area contributed by atoms with Crippen molar-refractivity contribution >= 4 is 17.9 Å². The molecule has 0 heterocycles. The highest BCUT2D eigenvalue weighted by molar-refractivity contribution is 6.30. The van der Waals surface area contributed by atoms with E-state index in [0.717, 1.165) is 17.4 Å². The summed E-state index contributed by atoms with van der Waals surface area (Å²) in [7, 11) is 0. The molecule has 2 rings (SSSR count). The van der Waals surface area contributed by atoms with Crippen LogP contribution in [0.2, 0.25) is 5.02 Å². The van der Waals surface area contributed by atoms with Crippen LogP contribution in [0, 0.1) is 5.82 Å². The van der Waals surface area contributed by atoms with Crippen molar-refractivity contribution in [3.05, 3.63) is 58.9 Å². The molecule has 0 spiro atoms. The van der Waals surface area contributed by atoms with Gasteiger partial charge in [-0.1, -0.05) is 41.9 Å². The van der Waals surface area contributed by atoms with E-state index >= 15 is 0 Å². The zero-order chi connectivity index (χ0) is 11.5. The molecule has 0 atom stereocenters. The van der Waals surface area contributed by atoms with Crippen LogP contribution < -0.4 is 0 Å². The summed E-state index contributed by atoms with van der Waals surface area (Å²) in [6, 6.07) is 11.5. The molecule has 0 aliphatic rings. The summed E-state index contributed by atoms with van der Waals surface area (Å²) in [6.07, 6.45) is 0.770. The lowest BCUT2D eigenvalue weighted by molar-refractivity contribution is 0.112. The Morgan fingerprint density at radius 1 is 1.00 bits per heavy atom. The number of benzene rings is 2. The summed E-state index contributed by atoms with van der Waals surface area (Å²) in [6.45, 7) is 0.